The normalized spacial score (nSPS) is 27.4. The Morgan fingerprint density at radius 1 is 0.925 bits per heavy atom. The number of hydrogen-bond acceptors (Lipinski definition) is 8. The third-order valence-electron chi connectivity index (χ3n) is 7.34. The minimum Gasteiger partial charge on any atom is -0.449 e. The van der Waals surface area contributed by atoms with Crippen LogP contribution in [0.25, 0.3) is 0 Å². The summed E-state index contributed by atoms with van der Waals surface area (Å²) in [5, 5.41) is 8.01. The fourth-order valence-electron chi connectivity index (χ4n) is 4.15. The highest BCUT2D eigenvalue weighted by Crippen LogP contribution is 2.43. The largest absolute Gasteiger partial charge is 0.449 e. The maximum absolute atomic E-state index is 13.3. The van der Waals surface area contributed by atoms with E-state index in [2.05, 4.69) is 33.9 Å². The van der Waals surface area contributed by atoms with Crippen molar-refractivity contribution in [2.45, 2.75) is 79.7 Å². The van der Waals surface area contributed by atoms with Crippen LogP contribution in [0.5, 0.6) is 0 Å². The van der Waals surface area contributed by atoms with Gasteiger partial charge in [0.2, 0.25) is 12.2 Å². The highest BCUT2D eigenvalue weighted by Gasteiger charge is 2.56. The molecule has 2 aromatic carbocycles. The van der Waals surface area contributed by atoms with Crippen molar-refractivity contribution in [3.63, 3.8) is 0 Å². The molecular weight excluding hydrogens is 597 g/mol. The summed E-state index contributed by atoms with van der Waals surface area (Å²) in [5.74, 6) is -1.32. The van der Waals surface area contributed by atoms with Crippen molar-refractivity contribution in [2.75, 3.05) is 6.61 Å². The number of rotatable bonds is 6. The van der Waals surface area contributed by atoms with Gasteiger partial charge in [-0.3, -0.25) is 5.41 Å². The first kappa shape index (κ1) is 31.2. The zero-order valence-corrected chi connectivity index (χ0v) is 26.2. The predicted octanol–water partition coefficient (Wildman–Crippen LogP) is 6.81. The van der Waals surface area contributed by atoms with Crippen molar-refractivity contribution in [1.82, 2.24) is 0 Å². The summed E-state index contributed by atoms with van der Waals surface area (Å²) in [6.45, 7) is 10.6. The fraction of sp³-hybridized carbons (Fsp3) is 0.500. The van der Waals surface area contributed by atoms with Gasteiger partial charge in [0.25, 0.3) is 3.79 Å². The SMILES string of the molecule is CC(C)(C)[Si](C)(C)OC1C2OC(c3ccccc3)OCC2OC(OC(=N)C(Cl)(Cl)Cl)C1OC(=O)c1ccccc1. The first-order chi connectivity index (χ1) is 18.7. The van der Waals surface area contributed by atoms with Crippen LogP contribution in [0.3, 0.4) is 0 Å². The zero-order valence-electron chi connectivity index (χ0n) is 22.9. The van der Waals surface area contributed by atoms with E-state index in [0.29, 0.717) is 5.56 Å². The second-order valence-corrected chi connectivity index (χ2v) is 18.3. The van der Waals surface area contributed by atoms with E-state index in [-0.39, 0.29) is 11.6 Å². The molecule has 2 aliphatic rings. The minimum absolute atomic E-state index is 0.127. The Morgan fingerprint density at radius 2 is 1.52 bits per heavy atom. The lowest BCUT2D eigenvalue weighted by Gasteiger charge is -2.51. The van der Waals surface area contributed by atoms with E-state index in [1.54, 1.807) is 30.3 Å². The van der Waals surface area contributed by atoms with E-state index in [4.69, 9.17) is 68.3 Å². The minimum atomic E-state index is -2.50. The number of hydrogen-bond donors (Lipinski definition) is 1. The Labute approximate surface area is 250 Å². The third-order valence-corrected chi connectivity index (χ3v) is 12.3. The first-order valence-corrected chi connectivity index (χ1v) is 17.0. The van der Waals surface area contributed by atoms with Crippen molar-refractivity contribution >= 4 is 55.0 Å². The number of nitrogens with one attached hydrogen (secondary N) is 1. The Hall–Kier alpha value is -1.69. The van der Waals surface area contributed by atoms with Gasteiger partial charge in [-0.1, -0.05) is 104 Å². The highest BCUT2D eigenvalue weighted by molar-refractivity contribution is 6.76. The standard InChI is InChI=1S/C28H34Cl3NO7Si/c1-27(2,3)40(4,5)39-21-20-19(16-34-24(37-20)18-14-10-7-11-15-18)35-25(38-26(32)28(29,30)31)22(21)36-23(33)17-12-8-6-9-13-17/h6-15,19-22,24-25,32H,16H2,1-5H3. The molecule has 0 spiro atoms. The summed E-state index contributed by atoms with van der Waals surface area (Å²) in [6.07, 6.45) is -5.45. The molecule has 0 radical (unpaired) electrons. The molecule has 12 heteroatoms. The van der Waals surface area contributed by atoms with Crippen LogP contribution < -0.4 is 0 Å². The van der Waals surface area contributed by atoms with Crippen molar-refractivity contribution in [3.8, 4) is 0 Å². The average molecular weight is 631 g/mol. The smallest absolute Gasteiger partial charge is 0.338 e. The van der Waals surface area contributed by atoms with E-state index < -0.39 is 61.0 Å². The second kappa shape index (κ2) is 12.3. The second-order valence-electron chi connectivity index (χ2n) is 11.2. The topological polar surface area (TPSA) is 96.3 Å². The van der Waals surface area contributed by atoms with Gasteiger partial charge in [0.05, 0.1) is 12.2 Å². The van der Waals surface area contributed by atoms with E-state index in [1.807, 2.05) is 30.3 Å². The van der Waals surface area contributed by atoms with Gasteiger partial charge in [0.15, 0.2) is 20.7 Å². The Kier molecular flexibility index (Phi) is 9.59. The van der Waals surface area contributed by atoms with Gasteiger partial charge in [-0.15, -0.1) is 0 Å². The number of alkyl halides is 3. The quantitative estimate of drug-likeness (QED) is 0.123. The van der Waals surface area contributed by atoms with Gasteiger partial charge < -0.3 is 28.1 Å². The van der Waals surface area contributed by atoms with Crippen molar-refractivity contribution in [3.05, 3.63) is 71.8 Å². The fourth-order valence-corrected chi connectivity index (χ4v) is 5.58. The zero-order chi connectivity index (χ0) is 29.3. The van der Waals surface area contributed by atoms with E-state index in [1.165, 1.54) is 0 Å². The van der Waals surface area contributed by atoms with Crippen molar-refractivity contribution < 1.29 is 32.9 Å². The number of carbonyl (C=O) groups excluding carboxylic acids is 1. The maximum Gasteiger partial charge on any atom is 0.338 e. The first-order valence-electron chi connectivity index (χ1n) is 12.9. The molecule has 218 valence electrons. The van der Waals surface area contributed by atoms with Crippen LogP contribution in [0.4, 0.5) is 0 Å². The third kappa shape index (κ3) is 7.20. The number of fused-ring (bicyclic) bond motifs is 1. The van der Waals surface area contributed by atoms with Crippen LogP contribution >= 0.6 is 34.8 Å². The molecule has 2 aromatic rings. The number of esters is 1. The summed E-state index contributed by atoms with van der Waals surface area (Å²) < 4.78 is 35.1. The molecule has 2 heterocycles. The molecule has 2 saturated heterocycles. The van der Waals surface area contributed by atoms with Gasteiger partial charge in [0.1, 0.15) is 18.3 Å². The van der Waals surface area contributed by atoms with Crippen LogP contribution in [0.15, 0.2) is 60.7 Å². The lowest BCUT2D eigenvalue weighted by atomic mass is 9.97. The molecule has 0 bridgehead atoms. The summed E-state index contributed by atoms with van der Waals surface area (Å²) in [6, 6.07) is 18.0. The van der Waals surface area contributed by atoms with E-state index in [9.17, 15) is 4.79 Å². The Bertz CT molecular complexity index is 1170. The molecule has 0 aromatic heterocycles. The molecule has 6 atom stereocenters. The van der Waals surface area contributed by atoms with Crippen LogP contribution in [0.1, 0.15) is 43.0 Å². The molecule has 1 N–H and O–H groups in total. The lowest BCUT2D eigenvalue weighted by Crippen LogP contribution is -2.66. The summed E-state index contributed by atoms with van der Waals surface area (Å²) >= 11 is 17.8. The molecular formula is C28H34Cl3NO7Si. The average Bonchev–Trinajstić information content (AvgIpc) is 2.90. The van der Waals surface area contributed by atoms with Crippen LogP contribution in [-0.4, -0.2) is 61.3 Å². The van der Waals surface area contributed by atoms with Crippen molar-refractivity contribution in [1.29, 1.82) is 5.41 Å². The number of halogens is 3. The summed E-state index contributed by atoms with van der Waals surface area (Å²) in [5.41, 5.74) is 1.14. The Morgan fingerprint density at radius 3 is 2.10 bits per heavy atom. The molecule has 40 heavy (non-hydrogen) atoms. The van der Waals surface area contributed by atoms with Gasteiger partial charge in [0, 0.05) is 5.56 Å². The van der Waals surface area contributed by atoms with E-state index >= 15 is 0 Å². The van der Waals surface area contributed by atoms with Gasteiger partial charge in [-0.2, -0.15) is 0 Å². The predicted molar refractivity (Wildman–Crippen MR) is 155 cm³/mol. The molecule has 4 rings (SSSR count). The van der Waals surface area contributed by atoms with Crippen LogP contribution in [0.2, 0.25) is 18.1 Å². The number of carbonyl (C=O) groups is 1. The molecule has 8 nitrogen and oxygen atoms in total. The van der Waals surface area contributed by atoms with Crippen molar-refractivity contribution in [2.24, 2.45) is 0 Å². The van der Waals surface area contributed by atoms with Crippen LogP contribution in [0, 0.1) is 5.41 Å². The molecule has 2 aliphatic heterocycles. The molecule has 2 fully saturated rings. The number of benzene rings is 2. The molecule has 0 amide bonds. The van der Waals surface area contributed by atoms with Gasteiger partial charge >= 0.3 is 5.97 Å². The van der Waals surface area contributed by atoms with Gasteiger partial charge in [-0.05, 0) is 30.3 Å². The molecule has 0 aliphatic carbocycles. The summed E-state index contributed by atoms with van der Waals surface area (Å²) in [7, 11) is -2.50. The lowest BCUT2D eigenvalue weighted by molar-refractivity contribution is -0.349. The molecule has 6 unspecified atom stereocenters. The van der Waals surface area contributed by atoms with Crippen LogP contribution in [-0.2, 0) is 28.1 Å². The van der Waals surface area contributed by atoms with E-state index in [0.717, 1.165) is 5.56 Å². The molecule has 0 saturated carbocycles. The Balaban J connectivity index is 1.74. The maximum atomic E-state index is 13.3. The monoisotopic (exact) mass is 629 g/mol. The van der Waals surface area contributed by atoms with Gasteiger partial charge in [-0.25, -0.2) is 4.79 Å². The number of ether oxygens (including phenoxy) is 5. The highest BCUT2D eigenvalue weighted by atomic mass is 35.6. The summed E-state index contributed by atoms with van der Waals surface area (Å²) in [4.78, 5) is 13.3.